The first-order valence-electron chi connectivity index (χ1n) is 7.46. The highest BCUT2D eigenvalue weighted by Crippen LogP contribution is 2.23. The molecule has 0 radical (unpaired) electrons. The van der Waals surface area contributed by atoms with E-state index in [-0.39, 0.29) is 17.9 Å². The Hall–Kier alpha value is -1.63. The summed E-state index contributed by atoms with van der Waals surface area (Å²) in [6, 6.07) is 0. The van der Waals surface area contributed by atoms with E-state index in [1.165, 1.54) is 11.3 Å². The monoisotopic (exact) mass is 325 g/mol. The zero-order valence-corrected chi connectivity index (χ0v) is 14.3. The summed E-state index contributed by atoms with van der Waals surface area (Å²) in [6.45, 7) is 8.59. The van der Waals surface area contributed by atoms with E-state index in [1.807, 2.05) is 27.7 Å². The highest BCUT2D eigenvalue weighted by molar-refractivity contribution is 7.15. The van der Waals surface area contributed by atoms with Crippen LogP contribution in [0, 0.1) is 12.8 Å². The van der Waals surface area contributed by atoms with Crippen molar-refractivity contribution in [3.63, 3.8) is 0 Å². The molecule has 0 saturated carbocycles. The Morgan fingerprint density at radius 3 is 2.50 bits per heavy atom. The minimum absolute atomic E-state index is 0.0156. The number of hydrogen-bond acceptors (Lipinski definition) is 5. The Morgan fingerprint density at radius 2 is 2.00 bits per heavy atom. The molecule has 22 heavy (non-hydrogen) atoms. The summed E-state index contributed by atoms with van der Waals surface area (Å²) >= 11 is 1.46. The Kier molecular flexibility index (Phi) is 5.05. The van der Waals surface area contributed by atoms with Crippen molar-refractivity contribution in [2.75, 3.05) is 18.4 Å². The third kappa shape index (κ3) is 4.69. The standard InChI is InChI=1S/C15H23N3O3S/c1-10-9-16-13(22-10)17-12(19)11-5-7-18(8-6-11)14(20)21-15(2,3)4/h9,11H,5-8H2,1-4H3,(H,16,17,19). The van der Waals surface area contributed by atoms with Crippen LogP contribution in [0.3, 0.4) is 0 Å². The molecule has 1 saturated heterocycles. The van der Waals surface area contributed by atoms with Crippen molar-refractivity contribution in [1.82, 2.24) is 9.88 Å². The summed E-state index contributed by atoms with van der Waals surface area (Å²) in [5.41, 5.74) is -0.492. The smallest absolute Gasteiger partial charge is 0.410 e. The number of carbonyl (C=O) groups is 2. The molecule has 2 rings (SSSR count). The maximum atomic E-state index is 12.2. The number of likely N-dealkylation sites (tertiary alicyclic amines) is 1. The lowest BCUT2D eigenvalue weighted by molar-refractivity contribution is -0.121. The quantitative estimate of drug-likeness (QED) is 0.907. The van der Waals surface area contributed by atoms with Crippen molar-refractivity contribution < 1.29 is 14.3 Å². The molecule has 0 bridgehead atoms. The Morgan fingerprint density at radius 1 is 1.36 bits per heavy atom. The number of aromatic nitrogens is 1. The van der Waals surface area contributed by atoms with Gasteiger partial charge in [0.25, 0.3) is 0 Å². The van der Waals surface area contributed by atoms with Gasteiger partial charge in [-0.25, -0.2) is 9.78 Å². The van der Waals surface area contributed by atoms with Crippen molar-refractivity contribution in [2.24, 2.45) is 5.92 Å². The van der Waals surface area contributed by atoms with Gasteiger partial charge in [-0.15, -0.1) is 11.3 Å². The third-order valence-electron chi connectivity index (χ3n) is 3.37. The summed E-state index contributed by atoms with van der Waals surface area (Å²) in [7, 11) is 0. The van der Waals surface area contributed by atoms with Gasteiger partial charge < -0.3 is 15.0 Å². The number of aryl methyl sites for hydroxylation is 1. The Labute approximate surface area is 134 Å². The molecule has 0 aliphatic carbocycles. The summed E-state index contributed by atoms with van der Waals surface area (Å²) in [6.07, 6.45) is 2.73. The first-order valence-corrected chi connectivity index (χ1v) is 8.27. The van der Waals surface area contributed by atoms with Gasteiger partial charge in [-0.3, -0.25) is 4.79 Å². The molecule has 1 fully saturated rings. The van der Waals surface area contributed by atoms with E-state index < -0.39 is 5.60 Å². The van der Waals surface area contributed by atoms with Gasteiger partial charge in [0.05, 0.1) is 0 Å². The van der Waals surface area contributed by atoms with E-state index in [9.17, 15) is 9.59 Å². The molecule has 1 N–H and O–H groups in total. The van der Waals surface area contributed by atoms with Crippen LogP contribution in [-0.2, 0) is 9.53 Å². The Bertz CT molecular complexity index is 542. The van der Waals surface area contributed by atoms with Crippen LogP contribution in [-0.4, -0.2) is 40.6 Å². The van der Waals surface area contributed by atoms with E-state index in [2.05, 4.69) is 10.3 Å². The molecule has 122 valence electrons. The van der Waals surface area contributed by atoms with Gasteiger partial charge in [0.15, 0.2) is 5.13 Å². The predicted octanol–water partition coefficient (Wildman–Crippen LogP) is 3.04. The average Bonchev–Trinajstić information content (AvgIpc) is 2.82. The fourth-order valence-corrected chi connectivity index (χ4v) is 2.94. The van der Waals surface area contributed by atoms with Gasteiger partial charge in [-0.1, -0.05) is 0 Å². The lowest BCUT2D eigenvalue weighted by Gasteiger charge is -2.32. The second-order valence-corrected chi connectivity index (χ2v) is 7.74. The number of piperidine rings is 1. The highest BCUT2D eigenvalue weighted by atomic mass is 32.1. The van der Waals surface area contributed by atoms with Crippen LogP contribution in [0.4, 0.5) is 9.93 Å². The molecule has 0 aromatic carbocycles. The second-order valence-electron chi connectivity index (χ2n) is 6.51. The third-order valence-corrected chi connectivity index (χ3v) is 4.20. The number of nitrogens with zero attached hydrogens (tertiary/aromatic N) is 2. The zero-order chi connectivity index (χ0) is 16.3. The number of rotatable bonds is 2. The maximum Gasteiger partial charge on any atom is 0.410 e. The SMILES string of the molecule is Cc1cnc(NC(=O)C2CCN(C(=O)OC(C)(C)C)CC2)s1. The molecule has 1 aliphatic heterocycles. The number of hydrogen-bond donors (Lipinski definition) is 1. The molecule has 6 nitrogen and oxygen atoms in total. The molecule has 1 aromatic rings. The van der Waals surface area contributed by atoms with Crippen LogP contribution >= 0.6 is 11.3 Å². The molecular formula is C15H23N3O3S. The Balaban J connectivity index is 1.81. The number of carbonyl (C=O) groups excluding carboxylic acids is 2. The fraction of sp³-hybridized carbons (Fsp3) is 0.667. The molecular weight excluding hydrogens is 302 g/mol. The maximum absolute atomic E-state index is 12.2. The minimum Gasteiger partial charge on any atom is -0.444 e. The van der Waals surface area contributed by atoms with Crippen LogP contribution in [0.15, 0.2) is 6.20 Å². The fourth-order valence-electron chi connectivity index (χ4n) is 2.27. The van der Waals surface area contributed by atoms with Crippen molar-refractivity contribution in [2.45, 2.75) is 46.1 Å². The van der Waals surface area contributed by atoms with Gasteiger partial charge in [-0.05, 0) is 40.5 Å². The second kappa shape index (κ2) is 6.64. The molecule has 7 heteroatoms. The number of ether oxygens (including phenoxy) is 1. The average molecular weight is 325 g/mol. The van der Waals surface area contributed by atoms with Crippen molar-refractivity contribution in [3.8, 4) is 0 Å². The first-order chi connectivity index (χ1) is 10.2. The summed E-state index contributed by atoms with van der Waals surface area (Å²) in [5.74, 6) is -0.0962. The van der Waals surface area contributed by atoms with Crippen molar-refractivity contribution in [3.05, 3.63) is 11.1 Å². The van der Waals surface area contributed by atoms with Crippen LogP contribution < -0.4 is 5.32 Å². The topological polar surface area (TPSA) is 71.5 Å². The van der Waals surface area contributed by atoms with E-state index in [1.54, 1.807) is 11.1 Å². The molecule has 1 aliphatic rings. The number of nitrogens with one attached hydrogen (secondary N) is 1. The van der Waals surface area contributed by atoms with Crippen LogP contribution in [0.5, 0.6) is 0 Å². The van der Waals surface area contributed by atoms with Gasteiger partial charge >= 0.3 is 6.09 Å². The molecule has 0 unspecified atom stereocenters. The zero-order valence-electron chi connectivity index (χ0n) is 13.5. The summed E-state index contributed by atoms with van der Waals surface area (Å²) in [4.78, 5) is 31.1. The van der Waals surface area contributed by atoms with Gasteiger partial charge in [0.1, 0.15) is 5.60 Å². The minimum atomic E-state index is -0.492. The molecule has 0 spiro atoms. The molecule has 0 atom stereocenters. The van der Waals surface area contributed by atoms with Crippen molar-refractivity contribution >= 4 is 28.5 Å². The van der Waals surface area contributed by atoms with E-state index in [0.29, 0.717) is 31.1 Å². The number of thiazole rings is 1. The molecule has 2 heterocycles. The largest absolute Gasteiger partial charge is 0.444 e. The van der Waals surface area contributed by atoms with Crippen LogP contribution in [0.25, 0.3) is 0 Å². The molecule has 1 aromatic heterocycles. The molecule has 2 amide bonds. The van der Waals surface area contributed by atoms with Gasteiger partial charge in [0.2, 0.25) is 5.91 Å². The normalized spacial score (nSPS) is 16.5. The predicted molar refractivity (Wildman–Crippen MR) is 86.0 cm³/mol. The number of amides is 2. The highest BCUT2D eigenvalue weighted by Gasteiger charge is 2.30. The summed E-state index contributed by atoms with van der Waals surface area (Å²) < 4.78 is 5.35. The van der Waals surface area contributed by atoms with Gasteiger partial charge in [0, 0.05) is 30.1 Å². The lowest BCUT2D eigenvalue weighted by atomic mass is 9.96. The lowest BCUT2D eigenvalue weighted by Crippen LogP contribution is -2.43. The number of anilines is 1. The van der Waals surface area contributed by atoms with Crippen LogP contribution in [0.1, 0.15) is 38.5 Å². The van der Waals surface area contributed by atoms with E-state index in [0.717, 1.165) is 4.88 Å². The first kappa shape index (κ1) is 16.7. The summed E-state index contributed by atoms with van der Waals surface area (Å²) in [5, 5.41) is 3.48. The van der Waals surface area contributed by atoms with E-state index in [4.69, 9.17) is 4.74 Å². The van der Waals surface area contributed by atoms with E-state index >= 15 is 0 Å². The van der Waals surface area contributed by atoms with Gasteiger partial charge in [-0.2, -0.15) is 0 Å². The van der Waals surface area contributed by atoms with Crippen LogP contribution in [0.2, 0.25) is 0 Å². The van der Waals surface area contributed by atoms with Crippen molar-refractivity contribution in [1.29, 1.82) is 0 Å².